The number of ether oxygens (including phenoxy) is 1. The topological polar surface area (TPSA) is 138 Å². The zero-order valence-electron chi connectivity index (χ0n) is 16.9. The fourth-order valence-corrected chi connectivity index (χ4v) is 4.97. The van der Waals surface area contributed by atoms with Gasteiger partial charge < -0.3 is 9.84 Å². The zero-order valence-corrected chi connectivity index (χ0v) is 18.5. The highest BCUT2D eigenvalue weighted by Gasteiger charge is 2.33. The van der Waals surface area contributed by atoms with E-state index >= 15 is 0 Å². The van der Waals surface area contributed by atoms with Crippen LogP contribution in [0, 0.1) is 0 Å². The first-order valence-corrected chi connectivity index (χ1v) is 11.7. The Bertz CT molecular complexity index is 1220. The number of rotatable bonds is 9. The molecule has 0 saturated carbocycles. The third-order valence-corrected chi connectivity index (χ3v) is 7.35. The average molecular weight is 480 g/mol. The second-order valence-electron chi connectivity index (χ2n) is 6.70. The molecule has 1 aromatic heterocycles. The third kappa shape index (κ3) is 5.16. The summed E-state index contributed by atoms with van der Waals surface area (Å²) >= 11 is 0.773. The van der Waals surface area contributed by atoms with E-state index in [4.69, 9.17) is 9.94 Å². The second-order valence-corrected chi connectivity index (χ2v) is 9.52. The molecule has 0 radical (unpaired) electrons. The maximum atomic E-state index is 13.1. The first-order valence-electron chi connectivity index (χ1n) is 9.36. The summed E-state index contributed by atoms with van der Waals surface area (Å²) in [6.45, 7) is -0.129. The number of thiazole rings is 1. The second kappa shape index (κ2) is 9.96. The lowest BCUT2D eigenvalue weighted by Gasteiger charge is -2.26. The minimum absolute atomic E-state index is 0.0910. The molecule has 1 atom stereocenters. The number of hydroxylamine groups is 1. The van der Waals surface area contributed by atoms with Gasteiger partial charge in [-0.25, -0.2) is 13.9 Å². The van der Waals surface area contributed by atoms with Crippen molar-refractivity contribution < 1.29 is 28.3 Å². The number of nitrogens with one attached hydrogen (secondary N) is 1. The first-order chi connectivity index (χ1) is 15.2. The van der Waals surface area contributed by atoms with E-state index in [0.29, 0.717) is 11.5 Å². The Labute approximate surface area is 187 Å². The molecule has 0 bridgehead atoms. The fourth-order valence-electron chi connectivity index (χ4n) is 2.97. The SMILES string of the molecule is CN(C(CCn1c(O)csc1=O)C(=O)NO)S(=O)(=O)c1ccc(Oc2ccccc2)cc1. The smallest absolute Gasteiger partial charge is 0.309 e. The van der Waals surface area contributed by atoms with Crippen LogP contribution in [0.4, 0.5) is 0 Å². The molecule has 0 saturated heterocycles. The summed E-state index contributed by atoms with van der Waals surface area (Å²) in [5, 5.41) is 20.0. The molecule has 0 aliphatic heterocycles. The van der Waals surface area contributed by atoms with Crippen LogP contribution in [-0.4, -0.2) is 46.6 Å². The molecule has 3 aromatic rings. The molecular weight excluding hydrogens is 458 g/mol. The predicted octanol–water partition coefficient (Wildman–Crippen LogP) is 1.99. The van der Waals surface area contributed by atoms with Crippen molar-refractivity contribution in [2.24, 2.45) is 0 Å². The lowest BCUT2D eigenvalue weighted by molar-refractivity contribution is -0.133. The minimum atomic E-state index is -4.14. The fraction of sp³-hybridized carbons (Fsp3) is 0.200. The van der Waals surface area contributed by atoms with Crippen molar-refractivity contribution in [1.29, 1.82) is 0 Å². The number of sulfonamides is 1. The van der Waals surface area contributed by atoms with E-state index in [0.717, 1.165) is 20.2 Å². The molecule has 1 heterocycles. The van der Waals surface area contributed by atoms with Crippen molar-refractivity contribution in [3.63, 3.8) is 0 Å². The van der Waals surface area contributed by atoms with E-state index in [-0.39, 0.29) is 23.7 Å². The maximum absolute atomic E-state index is 13.1. The predicted molar refractivity (Wildman–Crippen MR) is 116 cm³/mol. The number of para-hydroxylation sites is 1. The summed E-state index contributed by atoms with van der Waals surface area (Å²) in [7, 11) is -2.94. The van der Waals surface area contributed by atoms with Crippen LogP contribution in [0.3, 0.4) is 0 Å². The summed E-state index contributed by atoms with van der Waals surface area (Å²) in [6, 6.07) is 13.3. The molecule has 0 fully saturated rings. The van der Waals surface area contributed by atoms with Gasteiger partial charge in [0.05, 0.1) is 10.3 Å². The molecule has 12 heteroatoms. The van der Waals surface area contributed by atoms with Crippen LogP contribution in [0.15, 0.2) is 69.7 Å². The number of likely N-dealkylation sites (N-methyl/N-ethyl adjacent to an activating group) is 1. The molecule has 3 N–H and O–H groups in total. The van der Waals surface area contributed by atoms with Crippen molar-refractivity contribution in [3.05, 3.63) is 69.6 Å². The molecule has 3 rings (SSSR count). The van der Waals surface area contributed by atoms with Gasteiger partial charge in [0.25, 0.3) is 5.91 Å². The van der Waals surface area contributed by atoms with Crippen molar-refractivity contribution in [2.75, 3.05) is 7.05 Å². The quantitative estimate of drug-likeness (QED) is 0.315. The number of carbonyl (C=O) groups is 1. The molecule has 0 aliphatic rings. The number of hydrogen-bond donors (Lipinski definition) is 3. The Morgan fingerprint density at radius 1 is 1.16 bits per heavy atom. The Morgan fingerprint density at radius 3 is 2.34 bits per heavy atom. The molecule has 10 nitrogen and oxygen atoms in total. The van der Waals surface area contributed by atoms with Gasteiger partial charge in [0.15, 0.2) is 0 Å². The number of aromatic nitrogens is 1. The molecular formula is C20H21N3O7S2. The Balaban J connectivity index is 1.79. The highest BCUT2D eigenvalue weighted by atomic mass is 32.2. The van der Waals surface area contributed by atoms with E-state index in [2.05, 4.69) is 0 Å². The van der Waals surface area contributed by atoms with Gasteiger partial charge in [-0.1, -0.05) is 29.5 Å². The Hall–Kier alpha value is -3.19. The largest absolute Gasteiger partial charge is 0.494 e. The maximum Gasteiger partial charge on any atom is 0.309 e. The summed E-state index contributed by atoms with van der Waals surface area (Å²) in [5.41, 5.74) is 1.45. The number of aromatic hydroxyl groups is 1. The number of nitrogens with zero attached hydrogens (tertiary/aromatic N) is 2. The van der Waals surface area contributed by atoms with Gasteiger partial charge in [0, 0.05) is 13.6 Å². The molecule has 170 valence electrons. The molecule has 1 unspecified atom stereocenters. The summed E-state index contributed by atoms with van der Waals surface area (Å²) in [4.78, 5) is 23.4. The molecule has 0 spiro atoms. The number of hydrogen-bond acceptors (Lipinski definition) is 8. The lowest BCUT2D eigenvalue weighted by Crippen LogP contribution is -2.47. The van der Waals surface area contributed by atoms with Crippen LogP contribution < -0.4 is 15.1 Å². The summed E-state index contributed by atoms with van der Waals surface area (Å²) in [5.74, 6) is -0.243. The third-order valence-electron chi connectivity index (χ3n) is 4.72. The standard InChI is InChI=1S/C20H21N3O7S2/c1-22(17(19(25)21-27)11-12-23-18(24)13-31-20(23)26)32(28,29)16-9-7-15(8-10-16)30-14-5-3-2-4-6-14/h2-10,13,17,24,27H,11-12H2,1H3,(H,21,25). The van der Waals surface area contributed by atoms with Crippen LogP contribution in [-0.2, 0) is 21.4 Å². The van der Waals surface area contributed by atoms with Crippen molar-refractivity contribution in [1.82, 2.24) is 14.4 Å². The molecule has 2 aromatic carbocycles. The number of carbonyl (C=O) groups excluding carboxylic acids is 1. The Morgan fingerprint density at radius 2 is 1.78 bits per heavy atom. The highest BCUT2D eigenvalue weighted by molar-refractivity contribution is 7.89. The zero-order chi connectivity index (χ0) is 23.3. The van der Waals surface area contributed by atoms with E-state index in [1.165, 1.54) is 42.2 Å². The van der Waals surface area contributed by atoms with E-state index < -0.39 is 26.8 Å². The normalized spacial score (nSPS) is 12.5. The summed E-state index contributed by atoms with van der Waals surface area (Å²) < 4.78 is 33.6. The van der Waals surface area contributed by atoms with Gasteiger partial charge in [-0.15, -0.1) is 0 Å². The van der Waals surface area contributed by atoms with E-state index in [1.807, 2.05) is 6.07 Å². The van der Waals surface area contributed by atoms with Crippen molar-refractivity contribution in [3.8, 4) is 17.4 Å². The van der Waals surface area contributed by atoms with Crippen molar-refractivity contribution in [2.45, 2.75) is 23.9 Å². The van der Waals surface area contributed by atoms with Gasteiger partial charge in [-0.3, -0.25) is 19.4 Å². The van der Waals surface area contributed by atoms with Crippen LogP contribution in [0.25, 0.3) is 0 Å². The van der Waals surface area contributed by atoms with Gasteiger partial charge in [-0.05, 0) is 42.8 Å². The van der Waals surface area contributed by atoms with Gasteiger partial charge in [-0.2, -0.15) is 4.31 Å². The lowest BCUT2D eigenvalue weighted by atomic mass is 10.2. The van der Waals surface area contributed by atoms with Crippen LogP contribution >= 0.6 is 11.3 Å². The first kappa shape index (κ1) is 23.5. The van der Waals surface area contributed by atoms with Crippen LogP contribution in [0.2, 0.25) is 0 Å². The van der Waals surface area contributed by atoms with E-state index in [1.54, 1.807) is 24.3 Å². The van der Waals surface area contributed by atoms with Crippen molar-refractivity contribution >= 4 is 27.3 Å². The summed E-state index contributed by atoms with van der Waals surface area (Å²) in [6.07, 6.45) is -0.165. The van der Waals surface area contributed by atoms with E-state index in [9.17, 15) is 23.1 Å². The van der Waals surface area contributed by atoms with Crippen LogP contribution in [0.5, 0.6) is 17.4 Å². The van der Waals surface area contributed by atoms with Gasteiger partial charge in [0.1, 0.15) is 17.5 Å². The van der Waals surface area contributed by atoms with Gasteiger partial charge >= 0.3 is 4.87 Å². The van der Waals surface area contributed by atoms with Crippen LogP contribution in [0.1, 0.15) is 6.42 Å². The number of benzene rings is 2. The number of amides is 1. The van der Waals surface area contributed by atoms with Gasteiger partial charge in [0.2, 0.25) is 15.9 Å². The Kier molecular flexibility index (Phi) is 7.30. The minimum Gasteiger partial charge on any atom is -0.494 e. The molecule has 0 aliphatic carbocycles. The monoisotopic (exact) mass is 479 g/mol. The highest BCUT2D eigenvalue weighted by Crippen LogP contribution is 2.25. The molecule has 32 heavy (non-hydrogen) atoms. The average Bonchev–Trinajstić information content (AvgIpc) is 3.12. The molecule has 1 amide bonds.